The summed E-state index contributed by atoms with van der Waals surface area (Å²) in [4.78, 5) is 35.3. The van der Waals surface area contributed by atoms with E-state index < -0.39 is 23.1 Å². The van der Waals surface area contributed by atoms with Crippen LogP contribution in [0.2, 0.25) is 0 Å². The smallest absolute Gasteiger partial charge is 0.412 e. The summed E-state index contributed by atoms with van der Waals surface area (Å²) < 4.78 is 5.23. The van der Waals surface area contributed by atoms with Gasteiger partial charge in [0.1, 0.15) is 11.4 Å². The number of hydrogen-bond acceptors (Lipinski definition) is 4. The van der Waals surface area contributed by atoms with E-state index in [1.807, 2.05) is 0 Å². The Kier molecular flexibility index (Phi) is 5.20. The highest BCUT2D eigenvalue weighted by atomic mass is 16.6. The van der Waals surface area contributed by atoms with Gasteiger partial charge in [-0.3, -0.25) is 14.9 Å². The molecule has 1 aromatic carbocycles. The summed E-state index contributed by atoms with van der Waals surface area (Å²) in [6.45, 7) is 7.15. The Morgan fingerprint density at radius 3 is 2.28 bits per heavy atom. The zero-order valence-electron chi connectivity index (χ0n) is 15.1. The number of aryl methyl sites for hydroxylation is 1. The number of Topliss-reactive ketones (excluding diaryl/α,β-unsaturated/α-hetero) is 1. The minimum Gasteiger partial charge on any atom is -0.481 e. The van der Waals surface area contributed by atoms with Gasteiger partial charge in [-0.2, -0.15) is 0 Å². The molecular formula is C19H25NO5. The van der Waals surface area contributed by atoms with E-state index in [2.05, 4.69) is 5.32 Å². The fraction of sp³-hybridized carbons (Fsp3) is 0.526. The maximum Gasteiger partial charge on any atom is 0.412 e. The van der Waals surface area contributed by atoms with Gasteiger partial charge in [0, 0.05) is 18.5 Å². The molecule has 0 spiro atoms. The third-order valence-corrected chi connectivity index (χ3v) is 4.49. The van der Waals surface area contributed by atoms with Crippen molar-refractivity contribution in [1.29, 1.82) is 0 Å². The summed E-state index contributed by atoms with van der Waals surface area (Å²) in [7, 11) is 0. The first-order valence-electron chi connectivity index (χ1n) is 8.40. The first kappa shape index (κ1) is 19.0. The molecule has 25 heavy (non-hydrogen) atoms. The molecule has 0 aromatic heterocycles. The van der Waals surface area contributed by atoms with Crippen LogP contribution in [0.3, 0.4) is 0 Å². The van der Waals surface area contributed by atoms with E-state index >= 15 is 0 Å². The lowest BCUT2D eigenvalue weighted by Crippen LogP contribution is -2.39. The molecule has 0 aliphatic heterocycles. The molecule has 0 heterocycles. The van der Waals surface area contributed by atoms with Crippen molar-refractivity contribution in [1.82, 2.24) is 0 Å². The zero-order valence-corrected chi connectivity index (χ0v) is 15.1. The number of carboxylic acids is 1. The lowest BCUT2D eigenvalue weighted by molar-refractivity contribution is -0.146. The van der Waals surface area contributed by atoms with E-state index in [0.717, 1.165) is 5.56 Å². The number of benzene rings is 1. The van der Waals surface area contributed by atoms with Crippen LogP contribution in [0.5, 0.6) is 0 Å². The number of aliphatic carboxylic acids is 1. The van der Waals surface area contributed by atoms with Crippen molar-refractivity contribution in [3.63, 3.8) is 0 Å². The number of ether oxygens (including phenoxy) is 1. The SMILES string of the molecule is Cc1cc(C2(C(=O)O)CCC(=O)CC2)ccc1NC(=O)OC(C)(C)C. The summed E-state index contributed by atoms with van der Waals surface area (Å²) in [6.07, 6.45) is 0.616. The summed E-state index contributed by atoms with van der Waals surface area (Å²) in [5.74, 6) is -0.802. The standard InChI is InChI=1S/C19H25NO5/c1-12-11-13(19(16(22)23)9-7-14(21)8-10-19)5-6-15(12)20-17(24)25-18(2,3)4/h5-6,11H,7-10H2,1-4H3,(H,20,24)(H,22,23). The van der Waals surface area contributed by atoms with Crippen molar-refractivity contribution in [3.05, 3.63) is 29.3 Å². The summed E-state index contributed by atoms with van der Waals surface area (Å²) in [6, 6.07) is 5.18. The van der Waals surface area contributed by atoms with Gasteiger partial charge in [0.25, 0.3) is 0 Å². The molecular weight excluding hydrogens is 322 g/mol. The van der Waals surface area contributed by atoms with E-state index in [-0.39, 0.29) is 18.6 Å². The second-order valence-corrected chi connectivity index (χ2v) is 7.58. The molecule has 1 fully saturated rings. The lowest BCUT2D eigenvalue weighted by atomic mass is 9.69. The number of ketones is 1. The molecule has 136 valence electrons. The number of nitrogens with one attached hydrogen (secondary N) is 1. The van der Waals surface area contributed by atoms with Crippen LogP contribution in [0.25, 0.3) is 0 Å². The third kappa shape index (κ3) is 4.38. The highest BCUT2D eigenvalue weighted by Gasteiger charge is 2.43. The molecule has 1 amide bonds. The quantitative estimate of drug-likeness (QED) is 0.867. The number of anilines is 1. The van der Waals surface area contributed by atoms with Gasteiger partial charge in [0.2, 0.25) is 0 Å². The zero-order chi connectivity index (χ0) is 18.8. The Morgan fingerprint density at radius 1 is 1.20 bits per heavy atom. The molecule has 0 bridgehead atoms. The molecule has 2 N–H and O–H groups in total. The molecule has 0 radical (unpaired) electrons. The monoisotopic (exact) mass is 347 g/mol. The van der Waals surface area contributed by atoms with Gasteiger partial charge in [-0.05, 0) is 57.7 Å². The minimum atomic E-state index is -1.04. The summed E-state index contributed by atoms with van der Waals surface area (Å²) >= 11 is 0. The predicted octanol–water partition coefficient (Wildman–Crippen LogP) is 3.81. The van der Waals surface area contributed by atoms with Gasteiger partial charge in [-0.1, -0.05) is 12.1 Å². The van der Waals surface area contributed by atoms with Gasteiger partial charge < -0.3 is 9.84 Å². The Hall–Kier alpha value is -2.37. The van der Waals surface area contributed by atoms with Gasteiger partial charge in [-0.25, -0.2) is 4.79 Å². The molecule has 1 aliphatic rings. The lowest BCUT2D eigenvalue weighted by Gasteiger charge is -2.33. The average molecular weight is 347 g/mol. The third-order valence-electron chi connectivity index (χ3n) is 4.49. The molecule has 1 aromatic rings. The fourth-order valence-electron chi connectivity index (χ4n) is 3.10. The first-order valence-corrected chi connectivity index (χ1v) is 8.40. The number of amides is 1. The van der Waals surface area contributed by atoms with Gasteiger partial charge in [0.05, 0.1) is 5.41 Å². The van der Waals surface area contributed by atoms with Crippen LogP contribution < -0.4 is 5.32 Å². The topological polar surface area (TPSA) is 92.7 Å². The highest BCUT2D eigenvalue weighted by Crippen LogP contribution is 2.39. The highest BCUT2D eigenvalue weighted by molar-refractivity contribution is 5.89. The molecule has 0 unspecified atom stereocenters. The van der Waals surface area contributed by atoms with Crippen LogP contribution in [0, 0.1) is 6.92 Å². The van der Waals surface area contributed by atoms with E-state index in [9.17, 15) is 19.5 Å². The minimum absolute atomic E-state index is 0.108. The molecule has 6 nitrogen and oxygen atoms in total. The van der Waals surface area contributed by atoms with Crippen molar-refractivity contribution in [2.75, 3.05) is 5.32 Å². The van der Waals surface area contributed by atoms with Crippen molar-refractivity contribution >= 4 is 23.5 Å². The average Bonchev–Trinajstić information content (AvgIpc) is 2.48. The van der Waals surface area contributed by atoms with Crippen LogP contribution in [-0.4, -0.2) is 28.6 Å². The van der Waals surface area contributed by atoms with E-state index in [1.54, 1.807) is 45.9 Å². The Labute approximate surface area is 147 Å². The molecule has 2 rings (SSSR count). The van der Waals surface area contributed by atoms with Crippen LogP contribution >= 0.6 is 0 Å². The van der Waals surface area contributed by atoms with Gasteiger partial charge >= 0.3 is 12.1 Å². The fourth-order valence-corrected chi connectivity index (χ4v) is 3.10. The van der Waals surface area contributed by atoms with E-state index in [4.69, 9.17) is 4.74 Å². The maximum atomic E-state index is 11.9. The maximum absolute atomic E-state index is 11.9. The molecule has 0 atom stereocenters. The Bertz CT molecular complexity index is 692. The largest absolute Gasteiger partial charge is 0.481 e. The van der Waals surface area contributed by atoms with Crippen LogP contribution in [0.1, 0.15) is 57.6 Å². The van der Waals surface area contributed by atoms with Gasteiger partial charge in [0.15, 0.2) is 0 Å². The molecule has 1 saturated carbocycles. The van der Waals surface area contributed by atoms with Crippen molar-refractivity contribution in [2.24, 2.45) is 0 Å². The predicted molar refractivity (Wildman–Crippen MR) is 93.8 cm³/mol. The van der Waals surface area contributed by atoms with Crippen molar-refractivity contribution < 1.29 is 24.2 Å². The summed E-state index contributed by atoms with van der Waals surface area (Å²) in [5, 5.41) is 12.4. The molecule has 6 heteroatoms. The Morgan fingerprint density at radius 2 is 1.80 bits per heavy atom. The number of carbonyl (C=O) groups excluding carboxylic acids is 2. The number of carboxylic acid groups (broad SMARTS) is 1. The molecule has 1 aliphatic carbocycles. The normalized spacial score (nSPS) is 17.0. The first-order chi connectivity index (χ1) is 11.5. The van der Waals surface area contributed by atoms with Crippen molar-refractivity contribution in [2.45, 2.75) is 64.4 Å². The van der Waals surface area contributed by atoms with Crippen LogP contribution in [0.4, 0.5) is 10.5 Å². The van der Waals surface area contributed by atoms with E-state index in [0.29, 0.717) is 24.1 Å². The Balaban J connectivity index is 2.24. The van der Waals surface area contributed by atoms with Crippen LogP contribution in [-0.2, 0) is 19.7 Å². The summed E-state index contributed by atoms with van der Waals surface area (Å²) in [5.41, 5.74) is 0.356. The number of carbonyl (C=O) groups is 3. The molecule has 0 saturated heterocycles. The van der Waals surface area contributed by atoms with Gasteiger partial charge in [-0.15, -0.1) is 0 Å². The van der Waals surface area contributed by atoms with E-state index in [1.165, 1.54) is 0 Å². The number of rotatable bonds is 3. The number of hydrogen-bond donors (Lipinski definition) is 2. The van der Waals surface area contributed by atoms with Crippen LogP contribution in [0.15, 0.2) is 18.2 Å². The second kappa shape index (κ2) is 6.86. The van der Waals surface area contributed by atoms with Crippen molar-refractivity contribution in [3.8, 4) is 0 Å². The second-order valence-electron chi connectivity index (χ2n) is 7.58.